The molecule has 0 aliphatic carbocycles. The summed E-state index contributed by atoms with van der Waals surface area (Å²) in [6.45, 7) is 6.64. The molecule has 1 amide bonds. The van der Waals surface area contributed by atoms with Crippen LogP contribution in [0.5, 0.6) is 0 Å². The lowest BCUT2D eigenvalue weighted by Crippen LogP contribution is -2.15. The summed E-state index contributed by atoms with van der Waals surface area (Å²) in [5.41, 5.74) is 0.744. The van der Waals surface area contributed by atoms with Gasteiger partial charge in [-0.2, -0.15) is 0 Å². The van der Waals surface area contributed by atoms with Gasteiger partial charge in [-0.25, -0.2) is 0 Å². The zero-order chi connectivity index (χ0) is 20.3. The van der Waals surface area contributed by atoms with E-state index in [1.165, 1.54) is 11.8 Å². The van der Waals surface area contributed by atoms with E-state index in [0.717, 1.165) is 5.56 Å². The number of aryl methyl sites for hydroxylation is 1. The van der Waals surface area contributed by atoms with E-state index in [4.69, 9.17) is 27.7 Å². The van der Waals surface area contributed by atoms with Crippen molar-refractivity contribution < 1.29 is 9.32 Å². The van der Waals surface area contributed by atoms with Crippen LogP contribution in [-0.2, 0) is 11.3 Å². The molecule has 0 spiro atoms. The summed E-state index contributed by atoms with van der Waals surface area (Å²) in [5, 5.41) is 16.7. The Morgan fingerprint density at radius 1 is 1.29 bits per heavy atom. The molecule has 28 heavy (non-hydrogen) atoms. The Bertz CT molecular complexity index is 986. The molecule has 1 aromatic carbocycles. The number of anilines is 1. The van der Waals surface area contributed by atoms with Gasteiger partial charge < -0.3 is 14.4 Å². The van der Waals surface area contributed by atoms with Gasteiger partial charge in [-0.3, -0.25) is 4.79 Å². The largest absolute Gasteiger partial charge is 0.360 e. The predicted octanol–water partition coefficient (Wildman–Crippen LogP) is 4.94. The Kier molecular flexibility index (Phi) is 6.64. The third kappa shape index (κ3) is 5.06. The SMILES string of the molecule is Cc1cc(NC(=O)CSc2nnc(-c3ccc(Cl)cc3Cl)n2CC(C)C)no1. The molecule has 0 saturated carbocycles. The zero-order valence-corrected chi connectivity index (χ0v) is 17.9. The van der Waals surface area contributed by atoms with E-state index in [1.807, 2.05) is 10.6 Å². The van der Waals surface area contributed by atoms with Crippen molar-refractivity contribution in [3.63, 3.8) is 0 Å². The van der Waals surface area contributed by atoms with Crippen molar-refractivity contribution in [2.24, 2.45) is 5.92 Å². The first-order valence-corrected chi connectivity index (χ1v) is 10.3. The summed E-state index contributed by atoms with van der Waals surface area (Å²) in [4.78, 5) is 12.2. The Morgan fingerprint density at radius 2 is 2.07 bits per heavy atom. The summed E-state index contributed by atoms with van der Waals surface area (Å²) in [6, 6.07) is 6.91. The summed E-state index contributed by atoms with van der Waals surface area (Å²) in [5.74, 6) is 1.97. The number of hydrogen-bond donors (Lipinski definition) is 1. The molecule has 0 fully saturated rings. The maximum absolute atomic E-state index is 12.2. The fourth-order valence-electron chi connectivity index (χ4n) is 2.53. The lowest BCUT2D eigenvalue weighted by molar-refractivity contribution is -0.113. The number of carbonyl (C=O) groups excluding carboxylic acids is 1. The van der Waals surface area contributed by atoms with E-state index in [-0.39, 0.29) is 11.7 Å². The molecule has 0 unspecified atom stereocenters. The number of rotatable bonds is 7. The second-order valence-electron chi connectivity index (χ2n) is 6.59. The first-order chi connectivity index (χ1) is 13.3. The fourth-order valence-corrected chi connectivity index (χ4v) is 3.77. The van der Waals surface area contributed by atoms with E-state index in [2.05, 4.69) is 34.5 Å². The number of thioether (sulfide) groups is 1. The van der Waals surface area contributed by atoms with Crippen LogP contribution in [0.1, 0.15) is 19.6 Å². The molecular weight excluding hydrogens is 421 g/mol. The van der Waals surface area contributed by atoms with Gasteiger partial charge in [0.25, 0.3) is 0 Å². The smallest absolute Gasteiger partial charge is 0.236 e. The number of nitrogens with zero attached hydrogens (tertiary/aromatic N) is 4. The molecule has 0 aliphatic heterocycles. The van der Waals surface area contributed by atoms with Crippen LogP contribution in [0.4, 0.5) is 5.82 Å². The molecule has 10 heteroatoms. The summed E-state index contributed by atoms with van der Waals surface area (Å²) in [7, 11) is 0. The molecule has 0 atom stereocenters. The first kappa shape index (κ1) is 20.7. The maximum Gasteiger partial charge on any atom is 0.236 e. The van der Waals surface area contributed by atoms with Crippen LogP contribution in [0.15, 0.2) is 33.9 Å². The molecule has 2 heterocycles. The number of carbonyl (C=O) groups is 1. The predicted molar refractivity (Wildman–Crippen MR) is 111 cm³/mol. The maximum atomic E-state index is 12.2. The average molecular weight is 440 g/mol. The first-order valence-electron chi connectivity index (χ1n) is 8.58. The normalized spacial score (nSPS) is 11.2. The van der Waals surface area contributed by atoms with Crippen molar-refractivity contribution in [2.75, 3.05) is 11.1 Å². The molecule has 7 nitrogen and oxygen atoms in total. The van der Waals surface area contributed by atoms with Gasteiger partial charge in [0.2, 0.25) is 5.91 Å². The molecular formula is C18H19Cl2N5O2S. The monoisotopic (exact) mass is 439 g/mol. The molecule has 0 bridgehead atoms. The van der Waals surface area contributed by atoms with E-state index in [9.17, 15) is 4.79 Å². The number of amides is 1. The van der Waals surface area contributed by atoms with Gasteiger partial charge in [-0.05, 0) is 31.0 Å². The van der Waals surface area contributed by atoms with Crippen molar-refractivity contribution >= 4 is 46.7 Å². The van der Waals surface area contributed by atoms with Crippen LogP contribution in [0.25, 0.3) is 11.4 Å². The van der Waals surface area contributed by atoms with E-state index in [1.54, 1.807) is 25.1 Å². The molecule has 0 aliphatic rings. The van der Waals surface area contributed by atoms with Gasteiger partial charge in [0, 0.05) is 23.2 Å². The Balaban J connectivity index is 1.79. The molecule has 0 radical (unpaired) electrons. The molecule has 3 rings (SSSR count). The number of benzene rings is 1. The highest BCUT2D eigenvalue weighted by atomic mass is 35.5. The number of nitrogens with one attached hydrogen (secondary N) is 1. The summed E-state index contributed by atoms with van der Waals surface area (Å²) in [6.07, 6.45) is 0. The fraction of sp³-hybridized carbons (Fsp3) is 0.333. The van der Waals surface area contributed by atoms with Gasteiger partial charge in [-0.1, -0.05) is 54.0 Å². The van der Waals surface area contributed by atoms with Gasteiger partial charge >= 0.3 is 0 Å². The lowest BCUT2D eigenvalue weighted by Gasteiger charge is -2.13. The molecule has 2 aromatic heterocycles. The highest BCUT2D eigenvalue weighted by Crippen LogP contribution is 2.32. The van der Waals surface area contributed by atoms with Crippen LogP contribution in [0.2, 0.25) is 10.0 Å². The average Bonchev–Trinajstić information content (AvgIpc) is 3.19. The highest BCUT2D eigenvalue weighted by molar-refractivity contribution is 7.99. The van der Waals surface area contributed by atoms with Crippen molar-refractivity contribution in [3.8, 4) is 11.4 Å². The standard InChI is InChI=1S/C18H19Cl2N5O2S/c1-10(2)8-25-17(13-5-4-12(19)7-14(13)20)22-23-18(25)28-9-16(26)21-15-6-11(3)27-24-15/h4-7,10H,8-9H2,1-3H3,(H,21,24,26). The summed E-state index contributed by atoms with van der Waals surface area (Å²) >= 11 is 13.6. The molecule has 3 aromatic rings. The lowest BCUT2D eigenvalue weighted by atomic mass is 10.2. The minimum absolute atomic E-state index is 0.163. The van der Waals surface area contributed by atoms with E-state index < -0.39 is 0 Å². The third-order valence-electron chi connectivity index (χ3n) is 3.66. The van der Waals surface area contributed by atoms with Crippen molar-refractivity contribution in [1.82, 2.24) is 19.9 Å². The van der Waals surface area contributed by atoms with E-state index in [0.29, 0.717) is 45.1 Å². The number of hydrogen-bond acceptors (Lipinski definition) is 6. The zero-order valence-electron chi connectivity index (χ0n) is 15.6. The Hall–Kier alpha value is -2.03. The van der Waals surface area contributed by atoms with Crippen LogP contribution in [-0.4, -0.2) is 31.6 Å². The van der Waals surface area contributed by atoms with E-state index >= 15 is 0 Å². The van der Waals surface area contributed by atoms with Gasteiger partial charge in [0.1, 0.15) is 5.76 Å². The second kappa shape index (κ2) is 8.98. The minimum atomic E-state index is -0.205. The van der Waals surface area contributed by atoms with Crippen molar-refractivity contribution in [3.05, 3.63) is 40.1 Å². The van der Waals surface area contributed by atoms with Gasteiger partial charge in [0.05, 0.1) is 10.8 Å². The molecule has 0 saturated heterocycles. The number of aromatic nitrogens is 4. The Morgan fingerprint density at radius 3 is 2.71 bits per heavy atom. The second-order valence-corrected chi connectivity index (χ2v) is 8.38. The van der Waals surface area contributed by atoms with Crippen LogP contribution < -0.4 is 5.32 Å². The minimum Gasteiger partial charge on any atom is -0.360 e. The Labute approximate surface area is 176 Å². The topological polar surface area (TPSA) is 85.8 Å². The number of halogens is 2. The molecule has 1 N–H and O–H groups in total. The third-order valence-corrected chi connectivity index (χ3v) is 5.18. The van der Waals surface area contributed by atoms with Gasteiger partial charge in [0.15, 0.2) is 16.8 Å². The van der Waals surface area contributed by atoms with Crippen molar-refractivity contribution in [2.45, 2.75) is 32.5 Å². The molecule has 148 valence electrons. The van der Waals surface area contributed by atoms with Crippen LogP contribution in [0, 0.1) is 12.8 Å². The highest BCUT2D eigenvalue weighted by Gasteiger charge is 2.19. The van der Waals surface area contributed by atoms with Crippen LogP contribution >= 0.6 is 35.0 Å². The van der Waals surface area contributed by atoms with Crippen molar-refractivity contribution in [1.29, 1.82) is 0 Å². The summed E-state index contributed by atoms with van der Waals surface area (Å²) < 4.78 is 6.91. The van der Waals surface area contributed by atoms with Gasteiger partial charge in [-0.15, -0.1) is 10.2 Å². The quantitative estimate of drug-likeness (QED) is 0.524. The van der Waals surface area contributed by atoms with Crippen LogP contribution in [0.3, 0.4) is 0 Å².